The lowest BCUT2D eigenvalue weighted by Gasteiger charge is -2.35. The van der Waals surface area contributed by atoms with Crippen LogP contribution in [0.1, 0.15) is 36.0 Å². The molecule has 0 bridgehead atoms. The first-order valence-electron chi connectivity index (χ1n) is 10.3. The number of ether oxygens (including phenoxy) is 3. The molecule has 3 saturated heterocycles. The molecule has 3 heterocycles. The summed E-state index contributed by atoms with van der Waals surface area (Å²) in [4.78, 5) is 17.1. The molecule has 2 atom stereocenters. The number of hydrogen-bond donors (Lipinski definition) is 0. The second-order valence-electron chi connectivity index (χ2n) is 7.70. The summed E-state index contributed by atoms with van der Waals surface area (Å²) in [5.74, 6) is 0.904. The molecule has 3 aliphatic heterocycles. The van der Waals surface area contributed by atoms with Crippen LogP contribution in [0.5, 0.6) is 5.75 Å². The van der Waals surface area contributed by atoms with E-state index in [1.165, 1.54) is 12.8 Å². The molecule has 1 amide bonds. The molecule has 0 spiro atoms. The average Bonchev–Trinajstić information content (AvgIpc) is 3.41. The Kier molecular flexibility index (Phi) is 6.27. The number of piperazine rings is 1. The summed E-state index contributed by atoms with van der Waals surface area (Å²) in [6.07, 6.45) is 5.11. The van der Waals surface area contributed by atoms with Crippen LogP contribution in [-0.2, 0) is 9.47 Å². The van der Waals surface area contributed by atoms with Gasteiger partial charge in [0.2, 0.25) is 0 Å². The van der Waals surface area contributed by atoms with E-state index >= 15 is 0 Å². The average molecular weight is 374 g/mol. The fourth-order valence-corrected chi connectivity index (χ4v) is 4.05. The molecular weight excluding hydrogens is 344 g/mol. The molecule has 3 aliphatic rings. The summed E-state index contributed by atoms with van der Waals surface area (Å²) >= 11 is 0. The molecule has 27 heavy (non-hydrogen) atoms. The highest BCUT2D eigenvalue weighted by Gasteiger charge is 2.25. The molecule has 0 unspecified atom stereocenters. The van der Waals surface area contributed by atoms with Crippen LogP contribution in [0.3, 0.4) is 0 Å². The lowest BCUT2D eigenvalue weighted by molar-refractivity contribution is 0.0432. The molecular formula is C21H30N2O4. The fraction of sp³-hybridized carbons (Fsp3) is 0.667. The van der Waals surface area contributed by atoms with Crippen molar-refractivity contribution < 1.29 is 19.0 Å². The number of hydrogen-bond acceptors (Lipinski definition) is 5. The summed E-state index contributed by atoms with van der Waals surface area (Å²) in [6.45, 7) is 6.73. The van der Waals surface area contributed by atoms with E-state index in [-0.39, 0.29) is 12.0 Å². The Bertz CT molecular complexity index is 601. The smallest absolute Gasteiger partial charge is 0.253 e. The van der Waals surface area contributed by atoms with Crippen molar-refractivity contribution in [1.82, 2.24) is 9.80 Å². The third-order valence-electron chi connectivity index (χ3n) is 5.71. The van der Waals surface area contributed by atoms with Crippen LogP contribution in [0.2, 0.25) is 0 Å². The van der Waals surface area contributed by atoms with Crippen LogP contribution >= 0.6 is 0 Å². The molecule has 6 heteroatoms. The van der Waals surface area contributed by atoms with Gasteiger partial charge in [-0.3, -0.25) is 9.69 Å². The molecule has 0 aromatic heterocycles. The largest absolute Gasteiger partial charge is 0.491 e. The molecule has 148 valence electrons. The van der Waals surface area contributed by atoms with Crippen LogP contribution in [-0.4, -0.2) is 80.5 Å². The second kappa shape index (κ2) is 9.04. The van der Waals surface area contributed by atoms with Crippen molar-refractivity contribution in [3.05, 3.63) is 29.8 Å². The molecule has 0 aliphatic carbocycles. The van der Waals surface area contributed by atoms with Crippen LogP contribution in [0.4, 0.5) is 0 Å². The minimum absolute atomic E-state index is 0.109. The maximum absolute atomic E-state index is 12.8. The Balaban J connectivity index is 1.23. The number of rotatable bonds is 6. The topological polar surface area (TPSA) is 51.2 Å². The SMILES string of the molecule is O=C(c1ccc(OC[C@H]2CCCO2)cc1)N1CCN(C[C@H]2CCCO2)CC1. The van der Waals surface area contributed by atoms with E-state index in [1.54, 1.807) is 0 Å². The maximum Gasteiger partial charge on any atom is 0.253 e. The zero-order valence-corrected chi connectivity index (χ0v) is 16.0. The second-order valence-corrected chi connectivity index (χ2v) is 7.70. The van der Waals surface area contributed by atoms with Gasteiger partial charge in [-0.15, -0.1) is 0 Å². The van der Waals surface area contributed by atoms with Crippen molar-refractivity contribution in [3.63, 3.8) is 0 Å². The Hall–Kier alpha value is -1.63. The summed E-state index contributed by atoms with van der Waals surface area (Å²) in [7, 11) is 0. The number of carbonyl (C=O) groups is 1. The van der Waals surface area contributed by atoms with Gasteiger partial charge in [0.05, 0.1) is 12.2 Å². The third kappa shape index (κ3) is 5.00. The van der Waals surface area contributed by atoms with Gasteiger partial charge in [0.25, 0.3) is 5.91 Å². The van der Waals surface area contributed by atoms with Gasteiger partial charge < -0.3 is 19.1 Å². The van der Waals surface area contributed by atoms with Crippen molar-refractivity contribution in [2.75, 3.05) is 52.5 Å². The van der Waals surface area contributed by atoms with Crippen molar-refractivity contribution in [2.45, 2.75) is 37.9 Å². The quantitative estimate of drug-likeness (QED) is 0.764. The Labute approximate surface area is 161 Å². The van der Waals surface area contributed by atoms with Crippen LogP contribution in [0.15, 0.2) is 24.3 Å². The Morgan fingerprint density at radius 1 is 0.963 bits per heavy atom. The zero-order valence-electron chi connectivity index (χ0n) is 16.0. The predicted octanol–water partition coefficient (Wildman–Crippen LogP) is 2.18. The van der Waals surface area contributed by atoms with Gasteiger partial charge >= 0.3 is 0 Å². The first-order chi connectivity index (χ1) is 13.3. The van der Waals surface area contributed by atoms with E-state index < -0.39 is 0 Å². The summed E-state index contributed by atoms with van der Waals surface area (Å²) in [5, 5.41) is 0. The highest BCUT2D eigenvalue weighted by atomic mass is 16.5. The van der Waals surface area contributed by atoms with E-state index in [1.807, 2.05) is 29.2 Å². The minimum atomic E-state index is 0.109. The Morgan fingerprint density at radius 3 is 2.26 bits per heavy atom. The van der Waals surface area contributed by atoms with Gasteiger partial charge in [-0.05, 0) is 49.9 Å². The standard InChI is InChI=1S/C21H30N2O4/c24-21(23-11-9-22(10-12-23)15-19-3-1-13-25-19)17-5-7-18(8-6-17)27-16-20-4-2-14-26-20/h5-8,19-20H,1-4,9-16H2/t19-,20-/m1/s1. The zero-order chi connectivity index (χ0) is 18.5. The van der Waals surface area contributed by atoms with E-state index in [0.29, 0.717) is 12.7 Å². The van der Waals surface area contributed by atoms with Crippen molar-refractivity contribution in [3.8, 4) is 5.75 Å². The van der Waals surface area contributed by atoms with Gasteiger partial charge in [-0.1, -0.05) is 0 Å². The number of benzene rings is 1. The van der Waals surface area contributed by atoms with E-state index in [4.69, 9.17) is 14.2 Å². The van der Waals surface area contributed by atoms with Gasteiger partial charge in [0.15, 0.2) is 0 Å². The van der Waals surface area contributed by atoms with Crippen LogP contribution in [0.25, 0.3) is 0 Å². The molecule has 0 saturated carbocycles. The highest BCUT2D eigenvalue weighted by molar-refractivity contribution is 5.94. The number of nitrogens with zero attached hydrogens (tertiary/aromatic N) is 2. The molecule has 3 fully saturated rings. The molecule has 0 radical (unpaired) electrons. The fourth-order valence-electron chi connectivity index (χ4n) is 4.05. The van der Waals surface area contributed by atoms with Crippen LogP contribution < -0.4 is 4.74 Å². The van der Waals surface area contributed by atoms with E-state index in [0.717, 1.165) is 70.1 Å². The normalized spacial score (nSPS) is 26.4. The number of carbonyl (C=O) groups excluding carboxylic acids is 1. The van der Waals surface area contributed by atoms with Gasteiger partial charge in [0, 0.05) is 51.5 Å². The van der Waals surface area contributed by atoms with E-state index in [9.17, 15) is 4.79 Å². The molecule has 1 aromatic rings. The summed E-state index contributed by atoms with van der Waals surface area (Å²) in [6, 6.07) is 7.50. The van der Waals surface area contributed by atoms with Crippen LogP contribution in [0, 0.1) is 0 Å². The lowest BCUT2D eigenvalue weighted by atomic mass is 10.1. The van der Waals surface area contributed by atoms with Gasteiger partial charge in [-0.25, -0.2) is 0 Å². The van der Waals surface area contributed by atoms with Crippen molar-refractivity contribution in [2.24, 2.45) is 0 Å². The van der Waals surface area contributed by atoms with Gasteiger partial charge in [0.1, 0.15) is 12.4 Å². The predicted molar refractivity (Wildman–Crippen MR) is 102 cm³/mol. The van der Waals surface area contributed by atoms with Gasteiger partial charge in [-0.2, -0.15) is 0 Å². The molecule has 4 rings (SSSR count). The third-order valence-corrected chi connectivity index (χ3v) is 5.71. The summed E-state index contributed by atoms with van der Waals surface area (Å²) in [5.41, 5.74) is 0.729. The minimum Gasteiger partial charge on any atom is -0.491 e. The maximum atomic E-state index is 12.8. The summed E-state index contributed by atoms with van der Waals surface area (Å²) < 4.78 is 17.1. The molecule has 6 nitrogen and oxygen atoms in total. The molecule has 1 aromatic carbocycles. The van der Waals surface area contributed by atoms with Crippen molar-refractivity contribution in [1.29, 1.82) is 0 Å². The first kappa shape index (κ1) is 18.7. The van der Waals surface area contributed by atoms with Crippen molar-refractivity contribution >= 4 is 5.91 Å². The monoisotopic (exact) mass is 374 g/mol. The molecule has 0 N–H and O–H groups in total. The number of amides is 1. The highest BCUT2D eigenvalue weighted by Crippen LogP contribution is 2.19. The first-order valence-corrected chi connectivity index (χ1v) is 10.3. The lowest BCUT2D eigenvalue weighted by Crippen LogP contribution is -2.50. The van der Waals surface area contributed by atoms with E-state index in [2.05, 4.69) is 4.90 Å². The Morgan fingerprint density at radius 2 is 1.63 bits per heavy atom.